The van der Waals surface area contributed by atoms with Crippen LogP contribution < -0.4 is 15.9 Å². The first-order valence-corrected chi connectivity index (χ1v) is 5.79. The van der Waals surface area contributed by atoms with Crippen LogP contribution in [0.25, 0.3) is 0 Å². The predicted octanol–water partition coefficient (Wildman–Crippen LogP) is 0.788. The lowest BCUT2D eigenvalue weighted by Gasteiger charge is -2.11. The van der Waals surface area contributed by atoms with Crippen LogP contribution in [0.4, 0.5) is 5.95 Å². The molecule has 1 aromatic heterocycles. The summed E-state index contributed by atoms with van der Waals surface area (Å²) in [4.78, 5) is 1.33. The molecule has 0 spiro atoms. The third-order valence-corrected chi connectivity index (χ3v) is 2.35. The van der Waals surface area contributed by atoms with Gasteiger partial charge in [-0.05, 0) is 22.9 Å². The number of nitrogens with two attached hydrogens (primary N) is 1. The Labute approximate surface area is 105 Å². The van der Waals surface area contributed by atoms with Crippen molar-refractivity contribution in [2.75, 3.05) is 17.8 Å². The Hall–Kier alpha value is -2.31. The van der Waals surface area contributed by atoms with Crippen molar-refractivity contribution in [1.29, 1.82) is 0 Å². The van der Waals surface area contributed by atoms with Crippen LogP contribution in [0.1, 0.15) is 18.9 Å². The quantitative estimate of drug-likeness (QED) is 0.785. The second-order valence-electron chi connectivity index (χ2n) is 3.74. The van der Waals surface area contributed by atoms with Gasteiger partial charge < -0.3 is 15.9 Å². The van der Waals surface area contributed by atoms with Gasteiger partial charge in [0.05, 0.1) is 13.2 Å². The molecule has 0 aliphatic heterocycles. The first-order chi connectivity index (χ1) is 8.81. The number of rotatable bonds is 6. The molecular formula is C11H16N6O. The zero-order valence-corrected chi connectivity index (χ0v) is 10.2. The zero-order chi connectivity index (χ0) is 12.8. The number of nitrogen functional groups attached to an aromatic ring is 1. The minimum atomic E-state index is 0.224. The number of nitrogens with zero attached hydrogens (tertiary/aromatic N) is 4. The number of tetrazole rings is 1. The Kier molecular flexibility index (Phi) is 3.95. The van der Waals surface area contributed by atoms with Gasteiger partial charge in [0.25, 0.3) is 5.95 Å². The number of anilines is 1. The summed E-state index contributed by atoms with van der Waals surface area (Å²) in [6.45, 7) is 3.31. The van der Waals surface area contributed by atoms with E-state index in [0.717, 1.165) is 17.7 Å². The highest BCUT2D eigenvalue weighted by molar-refractivity contribution is 5.34. The molecule has 2 rings (SSSR count). The highest BCUT2D eigenvalue weighted by atomic mass is 16.5. The van der Waals surface area contributed by atoms with Crippen molar-refractivity contribution >= 4 is 5.95 Å². The fourth-order valence-corrected chi connectivity index (χ4v) is 1.47. The minimum Gasteiger partial charge on any atom is -0.493 e. The molecule has 7 nitrogen and oxygen atoms in total. The molecule has 18 heavy (non-hydrogen) atoms. The summed E-state index contributed by atoms with van der Waals surface area (Å²) in [7, 11) is 0. The third-order valence-electron chi connectivity index (χ3n) is 2.35. The van der Waals surface area contributed by atoms with Crippen molar-refractivity contribution in [2.24, 2.45) is 0 Å². The average Bonchev–Trinajstić information content (AvgIpc) is 2.80. The highest BCUT2D eigenvalue weighted by Gasteiger charge is 2.04. The molecule has 7 heteroatoms. The van der Waals surface area contributed by atoms with Crippen molar-refractivity contribution < 1.29 is 4.74 Å². The topological polar surface area (TPSA) is 90.9 Å². The van der Waals surface area contributed by atoms with Gasteiger partial charge in [-0.2, -0.15) is 0 Å². The van der Waals surface area contributed by atoms with Gasteiger partial charge in [-0.25, -0.2) is 0 Å². The Morgan fingerprint density at radius 3 is 2.94 bits per heavy atom. The number of aromatic nitrogens is 4. The molecule has 3 N–H and O–H groups in total. The van der Waals surface area contributed by atoms with Crippen LogP contribution in [0.2, 0.25) is 0 Å². The van der Waals surface area contributed by atoms with Gasteiger partial charge >= 0.3 is 0 Å². The molecule has 0 saturated heterocycles. The van der Waals surface area contributed by atoms with E-state index < -0.39 is 0 Å². The SMILES string of the molecule is CCCOc1ccccc1CNn1nnnc1N. The van der Waals surface area contributed by atoms with Crippen molar-refractivity contribution in [2.45, 2.75) is 19.9 Å². The maximum atomic E-state index is 5.65. The van der Waals surface area contributed by atoms with Gasteiger partial charge in [0.15, 0.2) is 0 Å². The molecule has 2 aromatic rings. The van der Waals surface area contributed by atoms with Gasteiger partial charge in [0.1, 0.15) is 5.75 Å². The Bertz CT molecular complexity index is 498. The first kappa shape index (κ1) is 12.2. The second kappa shape index (κ2) is 5.85. The van der Waals surface area contributed by atoms with Crippen molar-refractivity contribution in [3.05, 3.63) is 29.8 Å². The summed E-state index contributed by atoms with van der Waals surface area (Å²) in [6, 6.07) is 7.83. The number of ether oxygens (including phenoxy) is 1. The summed E-state index contributed by atoms with van der Waals surface area (Å²) in [5.41, 5.74) is 9.59. The maximum Gasteiger partial charge on any atom is 0.260 e. The molecule has 0 radical (unpaired) electrons. The molecule has 0 atom stereocenters. The molecule has 0 fully saturated rings. The molecule has 0 aliphatic carbocycles. The molecule has 1 aromatic carbocycles. The minimum absolute atomic E-state index is 0.224. The zero-order valence-electron chi connectivity index (χ0n) is 10.2. The number of para-hydroxylation sites is 1. The highest BCUT2D eigenvalue weighted by Crippen LogP contribution is 2.18. The van der Waals surface area contributed by atoms with Crippen LogP contribution in [0.3, 0.4) is 0 Å². The number of benzene rings is 1. The number of nitrogens with one attached hydrogen (secondary N) is 1. The summed E-state index contributed by atoms with van der Waals surface area (Å²) in [5.74, 6) is 1.08. The summed E-state index contributed by atoms with van der Waals surface area (Å²) in [6.07, 6.45) is 0.974. The van der Waals surface area contributed by atoms with Crippen LogP contribution >= 0.6 is 0 Å². The maximum absolute atomic E-state index is 5.65. The first-order valence-electron chi connectivity index (χ1n) is 5.79. The van der Waals surface area contributed by atoms with Gasteiger partial charge in [-0.3, -0.25) is 0 Å². The van der Waals surface area contributed by atoms with E-state index in [1.54, 1.807) is 0 Å². The standard InChI is InChI=1S/C11H16N6O/c1-2-7-18-10-6-4-3-5-9(10)8-13-17-11(12)14-15-16-17/h3-6,13H,2,7-8H2,1H3,(H2,12,14,16). The molecular weight excluding hydrogens is 232 g/mol. The van der Waals surface area contributed by atoms with Crippen molar-refractivity contribution in [3.63, 3.8) is 0 Å². The van der Waals surface area contributed by atoms with Gasteiger partial charge in [0.2, 0.25) is 0 Å². The molecule has 0 saturated carbocycles. The molecule has 0 unspecified atom stereocenters. The van der Waals surface area contributed by atoms with Gasteiger partial charge in [-0.1, -0.05) is 30.2 Å². The third kappa shape index (κ3) is 2.88. The van der Waals surface area contributed by atoms with E-state index in [4.69, 9.17) is 10.5 Å². The fraction of sp³-hybridized carbons (Fsp3) is 0.364. The van der Waals surface area contributed by atoms with E-state index in [-0.39, 0.29) is 5.95 Å². The van der Waals surface area contributed by atoms with E-state index in [1.165, 1.54) is 4.79 Å². The van der Waals surface area contributed by atoms with Crippen molar-refractivity contribution in [3.8, 4) is 5.75 Å². The number of hydrogen-bond acceptors (Lipinski definition) is 6. The Morgan fingerprint density at radius 1 is 1.39 bits per heavy atom. The van der Waals surface area contributed by atoms with Crippen LogP contribution in [0.5, 0.6) is 5.75 Å². The fourth-order valence-electron chi connectivity index (χ4n) is 1.47. The van der Waals surface area contributed by atoms with Gasteiger partial charge in [-0.15, -0.1) is 4.79 Å². The predicted molar refractivity (Wildman–Crippen MR) is 67.5 cm³/mol. The van der Waals surface area contributed by atoms with E-state index in [2.05, 4.69) is 27.9 Å². The van der Waals surface area contributed by atoms with Crippen molar-refractivity contribution in [1.82, 2.24) is 20.3 Å². The summed E-state index contributed by atoms with van der Waals surface area (Å²) >= 11 is 0. The second-order valence-corrected chi connectivity index (χ2v) is 3.74. The molecule has 1 heterocycles. The normalized spacial score (nSPS) is 10.3. The van der Waals surface area contributed by atoms with Gasteiger partial charge in [0, 0.05) is 5.56 Å². The Balaban J connectivity index is 2.02. The average molecular weight is 248 g/mol. The lowest BCUT2D eigenvalue weighted by atomic mass is 10.2. The monoisotopic (exact) mass is 248 g/mol. The van der Waals surface area contributed by atoms with Crippen LogP contribution in [-0.2, 0) is 6.54 Å². The lowest BCUT2D eigenvalue weighted by Crippen LogP contribution is -2.18. The van der Waals surface area contributed by atoms with Crippen LogP contribution in [0, 0.1) is 0 Å². The summed E-state index contributed by atoms with van der Waals surface area (Å²) < 4.78 is 5.65. The van der Waals surface area contributed by atoms with E-state index >= 15 is 0 Å². The number of hydrogen-bond donors (Lipinski definition) is 2. The van der Waals surface area contributed by atoms with E-state index in [9.17, 15) is 0 Å². The molecule has 0 bridgehead atoms. The molecule has 0 aliphatic rings. The molecule has 0 amide bonds. The largest absolute Gasteiger partial charge is 0.493 e. The van der Waals surface area contributed by atoms with E-state index in [1.807, 2.05) is 24.3 Å². The van der Waals surface area contributed by atoms with E-state index in [0.29, 0.717) is 13.2 Å². The lowest BCUT2D eigenvalue weighted by molar-refractivity contribution is 0.314. The molecule has 96 valence electrons. The smallest absolute Gasteiger partial charge is 0.260 e. The van der Waals surface area contributed by atoms with Crippen LogP contribution in [0.15, 0.2) is 24.3 Å². The summed E-state index contributed by atoms with van der Waals surface area (Å²) in [5, 5.41) is 10.7. The Morgan fingerprint density at radius 2 is 2.22 bits per heavy atom. The van der Waals surface area contributed by atoms with Crippen LogP contribution in [-0.4, -0.2) is 26.9 Å².